The molecule has 2 aromatic rings. The summed E-state index contributed by atoms with van der Waals surface area (Å²) in [5.41, 5.74) is 4.71. The molecule has 166 valence electrons. The van der Waals surface area contributed by atoms with Crippen LogP contribution in [0.2, 0.25) is 0 Å². The molecule has 1 fully saturated rings. The number of hydrogen-bond donors (Lipinski definition) is 2. The van der Waals surface area contributed by atoms with Gasteiger partial charge in [-0.2, -0.15) is 11.8 Å². The molecule has 1 aliphatic heterocycles. The van der Waals surface area contributed by atoms with Crippen LogP contribution in [0.4, 0.5) is 5.69 Å². The highest BCUT2D eigenvalue weighted by atomic mass is 127. The molecule has 0 spiro atoms. The minimum Gasteiger partial charge on any atom is -0.370 e. The molecule has 0 amide bonds. The summed E-state index contributed by atoms with van der Waals surface area (Å²) in [4.78, 5) is 7.23. The van der Waals surface area contributed by atoms with Crippen LogP contribution >= 0.6 is 35.7 Å². The van der Waals surface area contributed by atoms with Crippen LogP contribution in [-0.4, -0.2) is 42.3 Å². The van der Waals surface area contributed by atoms with Crippen molar-refractivity contribution in [1.82, 2.24) is 15.8 Å². The first-order valence-electron chi connectivity index (χ1n) is 10.6. The van der Waals surface area contributed by atoms with E-state index < -0.39 is 0 Å². The van der Waals surface area contributed by atoms with Crippen molar-refractivity contribution in [1.29, 1.82) is 0 Å². The maximum absolute atomic E-state index is 5.46. The number of aromatic nitrogens is 1. The molecule has 0 unspecified atom stereocenters. The highest BCUT2D eigenvalue weighted by Gasteiger charge is 2.14. The lowest BCUT2D eigenvalue weighted by molar-refractivity contribution is 0.380. The first kappa shape index (κ1) is 24.8. The van der Waals surface area contributed by atoms with Gasteiger partial charge in [0.25, 0.3) is 0 Å². The van der Waals surface area contributed by atoms with Crippen molar-refractivity contribution in [3.63, 3.8) is 0 Å². The number of guanidine groups is 1. The van der Waals surface area contributed by atoms with Crippen LogP contribution in [0, 0.1) is 0 Å². The molecule has 2 heterocycles. The second-order valence-electron chi connectivity index (χ2n) is 7.05. The quantitative estimate of drug-likeness (QED) is 0.295. The van der Waals surface area contributed by atoms with Gasteiger partial charge in [0.2, 0.25) is 0 Å². The number of thioether (sulfide) groups is 1. The lowest BCUT2D eigenvalue weighted by atomic mass is 10.1. The van der Waals surface area contributed by atoms with E-state index in [9.17, 15) is 0 Å². The number of halogens is 1. The van der Waals surface area contributed by atoms with E-state index in [1.807, 2.05) is 11.8 Å². The van der Waals surface area contributed by atoms with E-state index in [0.717, 1.165) is 55.5 Å². The summed E-state index contributed by atoms with van der Waals surface area (Å²) in [6.07, 6.45) is 1.72. The number of rotatable bonds is 8. The molecule has 1 aliphatic rings. The fourth-order valence-electron chi connectivity index (χ4n) is 3.46. The van der Waals surface area contributed by atoms with Crippen LogP contribution in [0.5, 0.6) is 0 Å². The van der Waals surface area contributed by atoms with Crippen molar-refractivity contribution >= 4 is 47.4 Å². The summed E-state index contributed by atoms with van der Waals surface area (Å²) < 4.78 is 5.46. The minimum atomic E-state index is 0. The number of benzene rings is 1. The Bertz CT molecular complexity index is 766. The van der Waals surface area contributed by atoms with Crippen LogP contribution in [-0.2, 0) is 25.9 Å². The van der Waals surface area contributed by atoms with E-state index in [2.05, 4.69) is 65.7 Å². The number of aliphatic imine (C=N–C) groups is 1. The molecule has 1 saturated heterocycles. The Balaban J connectivity index is 0.00000320. The SMILES string of the molecule is CCNC(=NCc1ccc(N2CCSCC2)cc1)NCc1c(CC)noc1CC.I. The molecule has 0 aliphatic carbocycles. The molecular formula is C22H34IN5OS. The van der Waals surface area contributed by atoms with Gasteiger partial charge in [0, 0.05) is 55.4 Å². The van der Waals surface area contributed by atoms with Crippen molar-refractivity contribution in [2.45, 2.75) is 46.7 Å². The summed E-state index contributed by atoms with van der Waals surface area (Å²) in [5.74, 6) is 4.21. The molecule has 0 bridgehead atoms. The molecule has 0 atom stereocenters. The van der Waals surface area contributed by atoms with Crippen LogP contribution in [0.25, 0.3) is 0 Å². The summed E-state index contributed by atoms with van der Waals surface area (Å²) in [7, 11) is 0. The maximum Gasteiger partial charge on any atom is 0.191 e. The van der Waals surface area contributed by atoms with Crippen LogP contribution in [0.1, 0.15) is 43.4 Å². The standard InChI is InChI=1S/C22H33N5OS.HI/c1-4-20-19(21(5-2)28-26-20)16-25-22(23-6-3)24-15-17-7-9-18(10-8-17)27-11-13-29-14-12-27;/h7-10H,4-6,11-16H2,1-3H3,(H2,23,24,25);1H. The highest BCUT2D eigenvalue weighted by molar-refractivity contribution is 14.0. The summed E-state index contributed by atoms with van der Waals surface area (Å²) >= 11 is 2.04. The molecule has 3 rings (SSSR count). The number of aryl methyl sites for hydroxylation is 2. The predicted molar refractivity (Wildman–Crippen MR) is 138 cm³/mol. The van der Waals surface area contributed by atoms with E-state index in [0.29, 0.717) is 13.1 Å². The van der Waals surface area contributed by atoms with E-state index in [1.54, 1.807) is 0 Å². The lowest BCUT2D eigenvalue weighted by Gasteiger charge is -2.28. The molecule has 1 aromatic carbocycles. The fourth-order valence-corrected chi connectivity index (χ4v) is 4.36. The maximum atomic E-state index is 5.46. The first-order valence-corrected chi connectivity index (χ1v) is 11.8. The Hall–Kier alpha value is -1.42. The predicted octanol–water partition coefficient (Wildman–Crippen LogP) is 4.23. The van der Waals surface area contributed by atoms with Crippen LogP contribution in [0.15, 0.2) is 33.8 Å². The lowest BCUT2D eigenvalue weighted by Crippen LogP contribution is -2.37. The third-order valence-electron chi connectivity index (χ3n) is 5.12. The van der Waals surface area contributed by atoms with Crippen molar-refractivity contribution in [3.05, 3.63) is 46.8 Å². The second-order valence-corrected chi connectivity index (χ2v) is 8.28. The van der Waals surface area contributed by atoms with Crippen molar-refractivity contribution in [2.24, 2.45) is 4.99 Å². The normalized spacial score (nSPS) is 14.4. The van der Waals surface area contributed by atoms with Crippen molar-refractivity contribution < 1.29 is 4.52 Å². The number of anilines is 1. The summed E-state index contributed by atoms with van der Waals surface area (Å²) in [5, 5.41) is 11.0. The molecule has 30 heavy (non-hydrogen) atoms. The molecule has 1 aromatic heterocycles. The zero-order chi connectivity index (χ0) is 20.5. The van der Waals surface area contributed by atoms with Crippen molar-refractivity contribution in [3.8, 4) is 0 Å². The summed E-state index contributed by atoms with van der Waals surface area (Å²) in [6, 6.07) is 8.82. The zero-order valence-electron chi connectivity index (χ0n) is 18.2. The average molecular weight is 544 g/mol. The van der Waals surface area contributed by atoms with Gasteiger partial charge in [-0.15, -0.1) is 24.0 Å². The van der Waals surface area contributed by atoms with Gasteiger partial charge in [0.05, 0.1) is 12.2 Å². The number of nitrogens with zero attached hydrogens (tertiary/aromatic N) is 3. The van der Waals surface area contributed by atoms with Gasteiger partial charge in [0.1, 0.15) is 5.76 Å². The molecule has 6 nitrogen and oxygen atoms in total. The molecule has 2 N–H and O–H groups in total. The van der Waals surface area contributed by atoms with Crippen molar-refractivity contribution in [2.75, 3.05) is 36.0 Å². The highest BCUT2D eigenvalue weighted by Crippen LogP contribution is 2.20. The largest absolute Gasteiger partial charge is 0.370 e. The second kappa shape index (κ2) is 13.1. The van der Waals surface area contributed by atoms with Crippen LogP contribution in [0.3, 0.4) is 0 Å². The van der Waals surface area contributed by atoms with Gasteiger partial charge < -0.3 is 20.1 Å². The van der Waals surface area contributed by atoms with E-state index in [-0.39, 0.29) is 24.0 Å². The topological polar surface area (TPSA) is 65.7 Å². The first-order chi connectivity index (χ1) is 14.2. The number of nitrogens with one attached hydrogen (secondary N) is 2. The Morgan fingerprint density at radius 3 is 2.47 bits per heavy atom. The summed E-state index contributed by atoms with van der Waals surface area (Å²) in [6.45, 7) is 10.7. The molecule has 8 heteroatoms. The van der Waals surface area contributed by atoms with Gasteiger partial charge in [-0.05, 0) is 31.0 Å². The van der Waals surface area contributed by atoms with E-state index in [1.165, 1.54) is 22.8 Å². The smallest absolute Gasteiger partial charge is 0.191 e. The monoisotopic (exact) mass is 543 g/mol. The fraction of sp³-hybridized carbons (Fsp3) is 0.545. The number of hydrogen-bond acceptors (Lipinski definition) is 5. The Morgan fingerprint density at radius 1 is 1.10 bits per heavy atom. The zero-order valence-corrected chi connectivity index (χ0v) is 21.4. The van der Waals surface area contributed by atoms with Gasteiger partial charge in [0.15, 0.2) is 5.96 Å². The Morgan fingerprint density at radius 2 is 1.83 bits per heavy atom. The molecular weight excluding hydrogens is 509 g/mol. The third-order valence-corrected chi connectivity index (χ3v) is 6.06. The van der Waals surface area contributed by atoms with E-state index >= 15 is 0 Å². The van der Waals surface area contributed by atoms with E-state index in [4.69, 9.17) is 9.52 Å². The average Bonchev–Trinajstić information content (AvgIpc) is 3.18. The Kier molecular flexibility index (Phi) is 10.8. The molecule has 0 radical (unpaired) electrons. The van der Waals surface area contributed by atoms with Gasteiger partial charge in [-0.1, -0.05) is 31.1 Å². The van der Waals surface area contributed by atoms with Crippen LogP contribution < -0.4 is 15.5 Å². The van der Waals surface area contributed by atoms with Gasteiger partial charge in [-0.3, -0.25) is 0 Å². The van der Waals surface area contributed by atoms with Gasteiger partial charge in [-0.25, -0.2) is 4.99 Å². The third kappa shape index (κ3) is 6.80. The molecule has 0 saturated carbocycles. The van der Waals surface area contributed by atoms with Gasteiger partial charge >= 0.3 is 0 Å². The Labute approximate surface area is 201 Å². The minimum absolute atomic E-state index is 0.